The number of imidazole rings is 1. The van der Waals surface area contributed by atoms with Gasteiger partial charge in [-0.25, -0.2) is 19.7 Å². The summed E-state index contributed by atoms with van der Waals surface area (Å²) in [6.07, 6.45) is -3.56. The van der Waals surface area contributed by atoms with E-state index < -0.39 is 69.3 Å². The molecule has 5 N–H and O–H groups in total. The summed E-state index contributed by atoms with van der Waals surface area (Å²) in [4.78, 5) is 37.9. The van der Waals surface area contributed by atoms with Gasteiger partial charge in [0.2, 0.25) is 0 Å². The molecule has 0 bridgehead atoms. The maximum absolute atomic E-state index is 12.8. The molecule has 2 aliphatic rings. The fraction of sp³-hybridized carbons (Fsp3) is 0.526. The predicted octanol–water partition coefficient (Wildman–Crippen LogP) is -1.74. The number of hydrogen-bond acceptors (Lipinski definition) is 14. The Kier molecular flexibility index (Phi) is 7.19. The summed E-state index contributed by atoms with van der Waals surface area (Å²) in [5.74, 6) is 0.181. The molecule has 17 nitrogen and oxygen atoms in total. The quantitative estimate of drug-likeness (QED) is 0.232. The topological polar surface area (TPSA) is 228 Å². The molecule has 6 unspecified atom stereocenters. The second kappa shape index (κ2) is 10.4. The molecule has 0 saturated carbocycles. The second-order valence-corrected chi connectivity index (χ2v) is 9.23. The van der Waals surface area contributed by atoms with Crippen LogP contribution in [-0.4, -0.2) is 83.7 Å². The van der Waals surface area contributed by atoms with Crippen LogP contribution in [0.3, 0.4) is 0 Å². The first-order valence-corrected chi connectivity index (χ1v) is 12.3. The van der Waals surface area contributed by atoms with Crippen molar-refractivity contribution in [1.29, 1.82) is 0 Å². The van der Waals surface area contributed by atoms with E-state index in [4.69, 9.17) is 29.0 Å². The number of ether oxygens (including phenoxy) is 3. The Bertz CT molecular complexity index is 1410. The van der Waals surface area contributed by atoms with E-state index in [1.807, 2.05) is 0 Å². The van der Waals surface area contributed by atoms with Gasteiger partial charge in [-0.1, -0.05) is 0 Å². The number of hydrogen-bond donors (Lipinski definition) is 4. The van der Waals surface area contributed by atoms with Gasteiger partial charge in [0.05, 0.1) is 12.9 Å². The van der Waals surface area contributed by atoms with Gasteiger partial charge in [0.15, 0.2) is 24.0 Å². The summed E-state index contributed by atoms with van der Waals surface area (Å²) < 4.78 is 43.1. The highest BCUT2D eigenvalue weighted by Crippen LogP contribution is 2.42. The van der Waals surface area contributed by atoms with Crippen LogP contribution < -0.4 is 17.0 Å². The molecular weight excluding hydrogens is 517 g/mol. The molecule has 37 heavy (non-hydrogen) atoms. The molecule has 18 heteroatoms. The molecule has 2 saturated heterocycles. The number of nitrogens with two attached hydrogens (primary N) is 1. The number of nitrogens with zero attached hydrogens (tertiary/aromatic N) is 5. The van der Waals surface area contributed by atoms with Crippen LogP contribution in [0.15, 0.2) is 34.5 Å². The first-order valence-electron chi connectivity index (χ1n) is 11.0. The zero-order valence-corrected chi connectivity index (χ0v) is 20.2. The number of rotatable bonds is 8. The SMILES string of the molecule is COC1C(O[PH](=O)OC2O[C@@H](n3cnc4c(N)ncnc43)C[C@H]2O)C(CO)OC1n1ccc(=O)[nH]c1=O. The van der Waals surface area contributed by atoms with E-state index in [-0.39, 0.29) is 12.2 Å². The van der Waals surface area contributed by atoms with Crippen LogP contribution in [0, 0.1) is 0 Å². The number of aromatic amines is 1. The number of anilines is 1. The summed E-state index contributed by atoms with van der Waals surface area (Å²) in [6, 6.07) is 1.12. The minimum atomic E-state index is -3.36. The normalized spacial score (nSPS) is 30.7. The molecule has 8 atom stereocenters. The van der Waals surface area contributed by atoms with Crippen molar-refractivity contribution >= 4 is 25.2 Å². The van der Waals surface area contributed by atoms with Gasteiger partial charge in [-0.2, -0.15) is 0 Å². The fourth-order valence-electron chi connectivity index (χ4n) is 4.32. The van der Waals surface area contributed by atoms with Gasteiger partial charge in [-0.05, 0) is 0 Å². The van der Waals surface area contributed by atoms with Crippen molar-refractivity contribution in [2.24, 2.45) is 0 Å². The summed E-state index contributed by atoms with van der Waals surface area (Å²) in [5, 5.41) is 20.2. The van der Waals surface area contributed by atoms with Gasteiger partial charge in [0.1, 0.15) is 42.5 Å². The van der Waals surface area contributed by atoms with Gasteiger partial charge < -0.3 is 34.7 Å². The van der Waals surface area contributed by atoms with Gasteiger partial charge in [0.25, 0.3) is 5.56 Å². The van der Waals surface area contributed by atoms with Gasteiger partial charge in [-0.3, -0.25) is 28.0 Å². The summed E-state index contributed by atoms with van der Waals surface area (Å²) in [5.41, 5.74) is 5.17. The first kappa shape index (κ1) is 25.6. The molecule has 0 spiro atoms. The number of H-pyrrole nitrogens is 1. The van der Waals surface area contributed by atoms with Crippen molar-refractivity contribution in [3.63, 3.8) is 0 Å². The van der Waals surface area contributed by atoms with Crippen molar-refractivity contribution in [1.82, 2.24) is 29.1 Å². The maximum Gasteiger partial charge on any atom is 0.330 e. The van der Waals surface area contributed by atoms with Crippen LogP contribution >= 0.6 is 8.25 Å². The standard InChI is InChI=1S/C19H24N7O10P/c1-32-14-13(9(5-27)33-17(14)25-3-2-10(29)24-19(25)30)35-37(31)36-18-8(28)4-11(34-18)26-7-23-12-15(20)21-6-22-16(12)26/h2-3,6-9,11,13-14,17-18,27-28,37H,4-5H2,1H3,(H2,20,21,22)(H,24,29,30)/t8-,9?,11-,13?,14?,17?,18?/m1/s1. The molecule has 0 aliphatic carbocycles. The maximum atomic E-state index is 12.8. The molecule has 0 aromatic carbocycles. The molecule has 0 radical (unpaired) electrons. The lowest BCUT2D eigenvalue weighted by atomic mass is 10.1. The Morgan fingerprint density at radius 3 is 2.76 bits per heavy atom. The van der Waals surface area contributed by atoms with Gasteiger partial charge in [0, 0.05) is 25.8 Å². The van der Waals surface area contributed by atoms with Crippen LogP contribution in [-0.2, 0) is 27.8 Å². The van der Waals surface area contributed by atoms with E-state index in [0.717, 1.165) is 10.6 Å². The number of aromatic nitrogens is 6. The largest absolute Gasteiger partial charge is 0.394 e. The highest BCUT2D eigenvalue weighted by molar-refractivity contribution is 7.33. The number of methoxy groups -OCH3 is 1. The third-order valence-corrected chi connectivity index (χ3v) is 6.94. The number of aliphatic hydroxyl groups is 2. The lowest BCUT2D eigenvalue weighted by molar-refractivity contribution is -0.129. The Morgan fingerprint density at radius 1 is 1.22 bits per heavy atom. The highest BCUT2D eigenvalue weighted by atomic mass is 31.1. The van der Waals surface area contributed by atoms with Crippen LogP contribution in [0.5, 0.6) is 0 Å². The third kappa shape index (κ3) is 4.83. The third-order valence-electron chi connectivity index (χ3n) is 6.05. The van der Waals surface area contributed by atoms with Gasteiger partial charge >= 0.3 is 13.9 Å². The van der Waals surface area contributed by atoms with E-state index in [0.29, 0.717) is 11.2 Å². The minimum Gasteiger partial charge on any atom is -0.394 e. The number of fused-ring (bicyclic) bond motifs is 1. The lowest BCUT2D eigenvalue weighted by Gasteiger charge is -2.24. The van der Waals surface area contributed by atoms with Crippen LogP contribution in [0.1, 0.15) is 18.9 Å². The molecule has 5 rings (SSSR count). The minimum absolute atomic E-state index is 0.0683. The van der Waals surface area contributed by atoms with Crippen molar-refractivity contribution in [2.75, 3.05) is 19.5 Å². The van der Waals surface area contributed by atoms with E-state index in [9.17, 15) is 24.4 Å². The number of nitrogens with one attached hydrogen (secondary N) is 1. The molecule has 200 valence electrons. The Hall–Kier alpha value is -3.02. The van der Waals surface area contributed by atoms with Crippen molar-refractivity contribution in [3.05, 3.63) is 45.8 Å². The molecule has 3 aromatic heterocycles. The average molecular weight is 541 g/mol. The van der Waals surface area contributed by atoms with Crippen molar-refractivity contribution in [3.8, 4) is 0 Å². The number of nitrogen functional groups attached to an aromatic ring is 1. The molecule has 2 fully saturated rings. The Balaban J connectivity index is 1.28. The zero-order chi connectivity index (χ0) is 26.3. The first-order chi connectivity index (χ1) is 17.8. The average Bonchev–Trinajstić information content (AvgIpc) is 3.55. The van der Waals surface area contributed by atoms with E-state index >= 15 is 0 Å². The van der Waals surface area contributed by atoms with Crippen molar-refractivity contribution in [2.45, 2.75) is 49.6 Å². The highest BCUT2D eigenvalue weighted by Gasteiger charge is 2.48. The monoisotopic (exact) mass is 541 g/mol. The zero-order valence-electron chi connectivity index (χ0n) is 19.2. The number of aliphatic hydroxyl groups excluding tert-OH is 2. The summed E-state index contributed by atoms with van der Waals surface area (Å²) in [6.45, 7) is -0.558. The molecule has 5 heterocycles. The molecular formula is C19H24N7O10P. The van der Waals surface area contributed by atoms with Crippen molar-refractivity contribution < 1.29 is 38.0 Å². The molecule has 2 aliphatic heterocycles. The Labute approximate surface area is 207 Å². The van der Waals surface area contributed by atoms with Gasteiger partial charge in [-0.15, -0.1) is 0 Å². The second-order valence-electron chi connectivity index (χ2n) is 8.26. The summed E-state index contributed by atoms with van der Waals surface area (Å²) in [7, 11) is -2.04. The lowest BCUT2D eigenvalue weighted by Crippen LogP contribution is -2.39. The van der Waals surface area contributed by atoms with Crippen LogP contribution in [0.4, 0.5) is 5.82 Å². The summed E-state index contributed by atoms with van der Waals surface area (Å²) >= 11 is 0. The van der Waals surface area contributed by atoms with Crippen LogP contribution in [0.2, 0.25) is 0 Å². The predicted molar refractivity (Wildman–Crippen MR) is 122 cm³/mol. The molecule has 3 aromatic rings. The van der Waals surface area contributed by atoms with E-state index in [1.165, 1.54) is 30.5 Å². The van der Waals surface area contributed by atoms with E-state index in [2.05, 4.69) is 19.9 Å². The smallest absolute Gasteiger partial charge is 0.330 e. The molecule has 0 amide bonds. The van der Waals surface area contributed by atoms with Crippen LogP contribution in [0.25, 0.3) is 11.2 Å². The van der Waals surface area contributed by atoms with E-state index in [1.54, 1.807) is 0 Å². The fourth-order valence-corrected chi connectivity index (χ4v) is 5.28. The Morgan fingerprint density at radius 2 is 2.03 bits per heavy atom.